The van der Waals surface area contributed by atoms with Crippen LogP contribution >= 0.6 is 0 Å². The third kappa shape index (κ3) is 4.48. The van der Waals surface area contributed by atoms with E-state index in [-0.39, 0.29) is 5.57 Å². The van der Waals surface area contributed by atoms with Gasteiger partial charge in [-0.2, -0.15) is 0 Å². The molecule has 136 valence electrons. The maximum Gasteiger partial charge on any atom is 0.334 e. The first-order valence-corrected chi connectivity index (χ1v) is 8.48. The summed E-state index contributed by atoms with van der Waals surface area (Å²) < 4.78 is 10.9. The van der Waals surface area contributed by atoms with Crippen molar-refractivity contribution in [3.63, 3.8) is 0 Å². The number of esters is 2. The van der Waals surface area contributed by atoms with E-state index in [4.69, 9.17) is 9.47 Å². The molecule has 0 radical (unpaired) electrons. The molecule has 1 fully saturated rings. The van der Waals surface area contributed by atoms with Gasteiger partial charge in [-0.1, -0.05) is 23.8 Å². The molecule has 0 aromatic heterocycles. The quantitative estimate of drug-likeness (QED) is 0.473. The van der Waals surface area contributed by atoms with Crippen molar-refractivity contribution in [1.82, 2.24) is 0 Å². The van der Waals surface area contributed by atoms with Gasteiger partial charge in [0.2, 0.25) is 0 Å². The fraction of sp³-hybridized carbons (Fsp3) is 0.500. The second-order valence-electron chi connectivity index (χ2n) is 6.99. The van der Waals surface area contributed by atoms with Crippen LogP contribution in [-0.2, 0) is 19.1 Å². The number of hydrogen-bond donors (Lipinski definition) is 1. The Kier molecular flexibility index (Phi) is 6.01. The zero-order valence-electron chi connectivity index (χ0n) is 15.2. The Morgan fingerprint density at radius 3 is 2.72 bits per heavy atom. The average molecular weight is 346 g/mol. The van der Waals surface area contributed by atoms with Crippen molar-refractivity contribution >= 4 is 11.9 Å². The lowest BCUT2D eigenvalue weighted by molar-refractivity contribution is -0.149. The molecule has 25 heavy (non-hydrogen) atoms. The molecule has 0 spiro atoms. The maximum absolute atomic E-state index is 12.1. The van der Waals surface area contributed by atoms with Gasteiger partial charge in [0, 0.05) is 11.6 Å². The van der Waals surface area contributed by atoms with Crippen molar-refractivity contribution in [2.75, 3.05) is 0 Å². The predicted octanol–water partition coefficient (Wildman–Crippen LogP) is 3.01. The van der Waals surface area contributed by atoms with Crippen LogP contribution in [0.15, 0.2) is 47.1 Å². The van der Waals surface area contributed by atoms with Gasteiger partial charge in [0.05, 0.1) is 5.92 Å². The SMILES string of the molecule is C=C1C(=O)OC2C=C(C)CCC=C(C)C(OC(=O)C=C(C)C)C(O)C12. The molecule has 0 saturated carbocycles. The molecule has 1 N–H and O–H groups in total. The first-order valence-electron chi connectivity index (χ1n) is 8.48. The van der Waals surface area contributed by atoms with Crippen molar-refractivity contribution in [2.45, 2.75) is 58.8 Å². The summed E-state index contributed by atoms with van der Waals surface area (Å²) in [5, 5.41) is 10.9. The van der Waals surface area contributed by atoms with E-state index in [1.807, 2.05) is 26.0 Å². The third-order valence-corrected chi connectivity index (χ3v) is 4.49. The number of fused-ring (bicyclic) bond motifs is 1. The van der Waals surface area contributed by atoms with E-state index < -0.39 is 36.2 Å². The largest absolute Gasteiger partial charge is 0.454 e. The number of rotatable bonds is 2. The molecule has 0 aromatic rings. The standard InChI is InChI=1S/C20H26O5/c1-11(2)9-16(21)25-19-13(4)8-6-7-12(3)10-15-17(18(19)22)14(5)20(23)24-15/h8-10,15,17-19,22H,5-7H2,1-4H3. The van der Waals surface area contributed by atoms with E-state index in [9.17, 15) is 14.7 Å². The van der Waals surface area contributed by atoms with E-state index in [1.54, 1.807) is 13.8 Å². The third-order valence-electron chi connectivity index (χ3n) is 4.49. The zero-order valence-corrected chi connectivity index (χ0v) is 15.2. The van der Waals surface area contributed by atoms with E-state index >= 15 is 0 Å². The van der Waals surface area contributed by atoms with Crippen molar-refractivity contribution in [3.05, 3.63) is 47.1 Å². The lowest BCUT2D eigenvalue weighted by Crippen LogP contribution is -2.41. The number of hydrogen-bond acceptors (Lipinski definition) is 5. The molecular formula is C20H26O5. The van der Waals surface area contributed by atoms with Gasteiger partial charge in [-0.15, -0.1) is 0 Å². The van der Waals surface area contributed by atoms with Gasteiger partial charge in [-0.3, -0.25) is 0 Å². The molecule has 1 saturated heterocycles. The monoisotopic (exact) mass is 346 g/mol. The molecule has 1 aliphatic heterocycles. The molecule has 4 atom stereocenters. The number of carbonyl (C=O) groups is 2. The molecule has 2 aliphatic rings. The van der Waals surface area contributed by atoms with Crippen LogP contribution < -0.4 is 0 Å². The van der Waals surface area contributed by atoms with E-state index in [2.05, 4.69) is 6.58 Å². The smallest absolute Gasteiger partial charge is 0.334 e. The zero-order chi connectivity index (χ0) is 18.7. The highest BCUT2D eigenvalue weighted by molar-refractivity contribution is 5.91. The van der Waals surface area contributed by atoms with Gasteiger partial charge in [-0.05, 0) is 52.2 Å². The predicted molar refractivity (Wildman–Crippen MR) is 94.6 cm³/mol. The summed E-state index contributed by atoms with van der Waals surface area (Å²) >= 11 is 0. The first kappa shape index (κ1) is 19.2. The van der Waals surface area contributed by atoms with Gasteiger partial charge in [0.15, 0.2) is 0 Å². The Bertz CT molecular complexity index is 664. The summed E-state index contributed by atoms with van der Waals surface area (Å²) in [6.07, 6.45) is 4.19. The number of aliphatic hydroxyl groups is 1. The van der Waals surface area contributed by atoms with Gasteiger partial charge in [0.1, 0.15) is 18.3 Å². The molecule has 2 rings (SSSR count). The molecule has 5 nitrogen and oxygen atoms in total. The van der Waals surface area contributed by atoms with Crippen LogP contribution in [0.25, 0.3) is 0 Å². The Hall–Kier alpha value is -2.14. The highest BCUT2D eigenvalue weighted by Crippen LogP contribution is 2.35. The number of carbonyl (C=O) groups excluding carboxylic acids is 2. The highest BCUT2D eigenvalue weighted by Gasteiger charge is 2.46. The minimum atomic E-state index is -1.11. The second kappa shape index (κ2) is 7.83. The van der Waals surface area contributed by atoms with Crippen LogP contribution in [0.4, 0.5) is 0 Å². The lowest BCUT2D eigenvalue weighted by Gasteiger charge is -2.30. The summed E-state index contributed by atoms with van der Waals surface area (Å²) in [7, 11) is 0. The lowest BCUT2D eigenvalue weighted by atomic mass is 9.84. The molecule has 1 heterocycles. The van der Waals surface area contributed by atoms with Crippen molar-refractivity contribution < 1.29 is 24.2 Å². The molecule has 4 unspecified atom stereocenters. The summed E-state index contributed by atoms with van der Waals surface area (Å²) in [5.41, 5.74) is 2.84. The molecule has 5 heteroatoms. The summed E-state index contributed by atoms with van der Waals surface area (Å²) in [6, 6.07) is 0. The number of aliphatic hydroxyl groups excluding tert-OH is 1. The summed E-state index contributed by atoms with van der Waals surface area (Å²) in [4.78, 5) is 24.0. The van der Waals surface area contributed by atoms with Gasteiger partial charge in [-0.25, -0.2) is 9.59 Å². The fourth-order valence-electron chi connectivity index (χ4n) is 3.17. The number of ether oxygens (including phenoxy) is 2. The summed E-state index contributed by atoms with van der Waals surface area (Å²) in [5.74, 6) is -1.69. The normalized spacial score (nSPS) is 29.8. The first-order chi connectivity index (χ1) is 11.7. The van der Waals surface area contributed by atoms with Crippen molar-refractivity contribution in [2.24, 2.45) is 5.92 Å². The van der Waals surface area contributed by atoms with Crippen LogP contribution in [0, 0.1) is 5.92 Å². The number of allylic oxidation sites excluding steroid dienone is 3. The molecular weight excluding hydrogens is 320 g/mol. The van der Waals surface area contributed by atoms with Crippen LogP contribution in [0.1, 0.15) is 40.5 Å². The van der Waals surface area contributed by atoms with E-state index in [1.165, 1.54) is 6.08 Å². The fourth-order valence-corrected chi connectivity index (χ4v) is 3.17. The Morgan fingerprint density at radius 2 is 2.08 bits per heavy atom. The van der Waals surface area contributed by atoms with E-state index in [0.29, 0.717) is 0 Å². The minimum Gasteiger partial charge on any atom is -0.454 e. The Morgan fingerprint density at radius 1 is 1.40 bits per heavy atom. The maximum atomic E-state index is 12.1. The summed E-state index contributed by atoms with van der Waals surface area (Å²) in [6.45, 7) is 11.1. The minimum absolute atomic E-state index is 0.207. The van der Waals surface area contributed by atoms with Gasteiger partial charge < -0.3 is 14.6 Å². The van der Waals surface area contributed by atoms with E-state index in [0.717, 1.165) is 29.6 Å². The van der Waals surface area contributed by atoms with Crippen LogP contribution in [0.3, 0.4) is 0 Å². The van der Waals surface area contributed by atoms with Crippen LogP contribution in [-0.4, -0.2) is 35.4 Å². The molecule has 0 bridgehead atoms. The Balaban J connectivity index is 2.39. The van der Waals surface area contributed by atoms with Crippen molar-refractivity contribution in [3.8, 4) is 0 Å². The highest BCUT2D eigenvalue weighted by atomic mass is 16.6. The topological polar surface area (TPSA) is 72.8 Å². The molecule has 0 amide bonds. The molecule has 1 aliphatic carbocycles. The van der Waals surface area contributed by atoms with Crippen LogP contribution in [0.5, 0.6) is 0 Å². The molecule has 0 aromatic carbocycles. The van der Waals surface area contributed by atoms with Gasteiger partial charge >= 0.3 is 11.9 Å². The van der Waals surface area contributed by atoms with Crippen LogP contribution in [0.2, 0.25) is 0 Å². The Labute approximate surface area is 148 Å². The average Bonchev–Trinajstić information content (AvgIpc) is 2.77. The second-order valence-corrected chi connectivity index (χ2v) is 6.99. The van der Waals surface area contributed by atoms with Gasteiger partial charge in [0.25, 0.3) is 0 Å². The van der Waals surface area contributed by atoms with Crippen molar-refractivity contribution in [1.29, 1.82) is 0 Å².